The van der Waals surface area contributed by atoms with E-state index < -0.39 is 15.5 Å². The third-order valence-corrected chi connectivity index (χ3v) is 4.19. The van der Waals surface area contributed by atoms with Crippen LogP contribution < -0.4 is 4.74 Å². The van der Waals surface area contributed by atoms with Gasteiger partial charge in [0.2, 0.25) is 5.75 Å². The number of hydrogen-bond acceptors (Lipinski definition) is 6. The molecule has 3 rings (SSSR count). The number of benzene rings is 3. The van der Waals surface area contributed by atoms with Crippen LogP contribution >= 0.6 is 0 Å². The molecule has 3 aromatic rings. The molecule has 0 bridgehead atoms. The Morgan fingerprint density at radius 1 is 0.931 bits per heavy atom. The zero-order valence-electron chi connectivity index (χ0n) is 15.5. The highest BCUT2D eigenvalue weighted by Crippen LogP contribution is 2.35. The van der Waals surface area contributed by atoms with Crippen LogP contribution in [0.15, 0.2) is 71.7 Å². The highest BCUT2D eigenvalue weighted by Gasteiger charge is 2.21. The second-order valence-corrected chi connectivity index (χ2v) is 6.08. The molecule has 0 N–H and O–H groups in total. The van der Waals surface area contributed by atoms with Crippen molar-refractivity contribution in [2.75, 3.05) is 0 Å². The van der Waals surface area contributed by atoms with Gasteiger partial charge in [-0.25, -0.2) is 0 Å². The fourth-order valence-electron chi connectivity index (χ4n) is 2.61. The van der Waals surface area contributed by atoms with Crippen LogP contribution in [0.25, 0.3) is 0 Å². The van der Waals surface area contributed by atoms with Crippen molar-refractivity contribution in [1.82, 2.24) is 0 Å². The molecule has 0 saturated heterocycles. The molecule has 0 aliphatic rings. The van der Waals surface area contributed by atoms with E-state index in [2.05, 4.69) is 11.9 Å². The number of ether oxygens (including phenoxy) is 1. The van der Waals surface area contributed by atoms with E-state index in [1.807, 2.05) is 24.3 Å². The van der Waals surface area contributed by atoms with Crippen LogP contribution in [0.1, 0.15) is 18.1 Å². The molecular formula is C21H17N3O5. The van der Waals surface area contributed by atoms with Gasteiger partial charge in [-0.05, 0) is 42.3 Å². The molecule has 0 aromatic heterocycles. The van der Waals surface area contributed by atoms with Gasteiger partial charge in [0, 0.05) is 17.8 Å². The molecule has 3 aromatic carbocycles. The lowest BCUT2D eigenvalue weighted by Crippen LogP contribution is -1.97. The maximum absolute atomic E-state index is 11.3. The Balaban J connectivity index is 1.90. The molecule has 0 aliphatic carbocycles. The van der Waals surface area contributed by atoms with Crippen LogP contribution in [0.5, 0.6) is 11.5 Å². The molecular weight excluding hydrogens is 374 g/mol. The topological polar surface area (TPSA) is 108 Å². The Bertz CT molecular complexity index is 1080. The molecule has 0 radical (unpaired) electrons. The van der Waals surface area contributed by atoms with Gasteiger partial charge < -0.3 is 4.74 Å². The summed E-state index contributed by atoms with van der Waals surface area (Å²) in [7, 11) is 0. The highest BCUT2D eigenvalue weighted by molar-refractivity contribution is 5.85. The van der Waals surface area contributed by atoms with Crippen molar-refractivity contribution in [3.63, 3.8) is 0 Å². The molecule has 0 saturated carbocycles. The van der Waals surface area contributed by atoms with Crippen molar-refractivity contribution in [1.29, 1.82) is 0 Å². The molecule has 0 heterocycles. The van der Waals surface area contributed by atoms with Crippen LogP contribution in [0.2, 0.25) is 0 Å². The van der Waals surface area contributed by atoms with Gasteiger partial charge >= 0.3 is 5.69 Å². The molecule has 8 nitrogen and oxygen atoms in total. The lowest BCUT2D eigenvalue weighted by Gasteiger charge is -2.09. The first-order valence-corrected chi connectivity index (χ1v) is 8.80. The average Bonchev–Trinajstić information content (AvgIpc) is 2.73. The molecule has 0 spiro atoms. The maximum atomic E-state index is 11.3. The number of para-hydroxylation sites is 1. The normalized spacial score (nSPS) is 10.8. The molecule has 0 amide bonds. The lowest BCUT2D eigenvalue weighted by molar-refractivity contribution is -0.394. The number of aliphatic imine (C=N–C) groups is 1. The van der Waals surface area contributed by atoms with Crippen molar-refractivity contribution in [3.05, 3.63) is 98.1 Å². The van der Waals surface area contributed by atoms with Crippen molar-refractivity contribution in [3.8, 4) is 11.5 Å². The number of nitro groups is 2. The zero-order chi connectivity index (χ0) is 20.8. The van der Waals surface area contributed by atoms with E-state index >= 15 is 0 Å². The first-order valence-electron chi connectivity index (χ1n) is 8.80. The maximum Gasteiger partial charge on any atom is 0.318 e. The number of rotatable bonds is 7. The second-order valence-electron chi connectivity index (χ2n) is 6.08. The minimum atomic E-state index is -0.714. The van der Waals surface area contributed by atoms with Gasteiger partial charge in [-0.15, -0.1) is 0 Å². The Morgan fingerprint density at radius 3 is 2.31 bits per heavy atom. The Hall–Kier alpha value is -4.07. The summed E-state index contributed by atoms with van der Waals surface area (Å²) in [5.41, 5.74) is 1.71. The standard InChI is InChI=1S/C21H17N3O5/c1-2-15-7-9-17(10-8-15)22-14-16-5-3-4-6-20(16)29-21-12-11-18(23(25)26)13-19(21)24(27)28/h3-14H,2H2,1H3. The van der Waals surface area contributed by atoms with Gasteiger partial charge in [0.1, 0.15) is 5.75 Å². The van der Waals surface area contributed by atoms with Gasteiger partial charge in [0.15, 0.2) is 0 Å². The Morgan fingerprint density at radius 2 is 1.66 bits per heavy atom. The van der Waals surface area contributed by atoms with Crippen LogP contribution in [-0.4, -0.2) is 16.1 Å². The molecule has 0 fully saturated rings. The molecule has 0 aliphatic heterocycles. The fourth-order valence-corrected chi connectivity index (χ4v) is 2.61. The van der Waals surface area contributed by atoms with Gasteiger partial charge in [-0.2, -0.15) is 0 Å². The highest BCUT2D eigenvalue weighted by atomic mass is 16.6. The zero-order valence-corrected chi connectivity index (χ0v) is 15.5. The minimum absolute atomic E-state index is 0.0891. The molecule has 0 unspecified atom stereocenters. The Labute approximate surface area is 166 Å². The molecule has 29 heavy (non-hydrogen) atoms. The quantitative estimate of drug-likeness (QED) is 0.295. The van der Waals surface area contributed by atoms with Gasteiger partial charge in [-0.1, -0.05) is 31.2 Å². The van der Waals surface area contributed by atoms with Crippen LogP contribution in [-0.2, 0) is 6.42 Å². The fraction of sp³-hybridized carbons (Fsp3) is 0.0952. The number of aryl methyl sites for hydroxylation is 1. The predicted molar refractivity (Wildman–Crippen MR) is 109 cm³/mol. The summed E-state index contributed by atoms with van der Waals surface area (Å²) in [6.45, 7) is 2.07. The minimum Gasteiger partial charge on any atom is -0.449 e. The van der Waals surface area contributed by atoms with E-state index in [1.54, 1.807) is 30.5 Å². The third kappa shape index (κ3) is 4.81. The Kier molecular flexibility index (Phi) is 5.94. The third-order valence-electron chi connectivity index (χ3n) is 4.19. The van der Waals surface area contributed by atoms with Crippen LogP contribution in [0.4, 0.5) is 17.1 Å². The van der Waals surface area contributed by atoms with Crippen LogP contribution in [0.3, 0.4) is 0 Å². The summed E-state index contributed by atoms with van der Waals surface area (Å²) in [5, 5.41) is 22.2. The summed E-state index contributed by atoms with van der Waals surface area (Å²) in [4.78, 5) is 25.2. The van der Waals surface area contributed by atoms with E-state index in [-0.39, 0.29) is 11.4 Å². The van der Waals surface area contributed by atoms with Gasteiger partial charge in [-0.3, -0.25) is 25.2 Å². The van der Waals surface area contributed by atoms with Crippen molar-refractivity contribution >= 4 is 23.3 Å². The van der Waals surface area contributed by atoms with E-state index in [0.717, 1.165) is 24.2 Å². The average molecular weight is 391 g/mol. The summed E-state index contributed by atoms with van der Waals surface area (Å²) in [6, 6.07) is 18.0. The van der Waals surface area contributed by atoms with Crippen LogP contribution in [0, 0.1) is 20.2 Å². The van der Waals surface area contributed by atoms with E-state index in [0.29, 0.717) is 11.3 Å². The van der Waals surface area contributed by atoms with E-state index in [1.165, 1.54) is 11.6 Å². The molecule has 146 valence electrons. The first kappa shape index (κ1) is 19.7. The van der Waals surface area contributed by atoms with Gasteiger partial charge in [0.25, 0.3) is 5.69 Å². The number of hydrogen-bond donors (Lipinski definition) is 0. The number of nitro benzene ring substituents is 2. The van der Waals surface area contributed by atoms with E-state index in [4.69, 9.17) is 4.74 Å². The molecule has 0 atom stereocenters. The van der Waals surface area contributed by atoms with Crippen molar-refractivity contribution in [2.45, 2.75) is 13.3 Å². The summed E-state index contributed by atoms with van der Waals surface area (Å²) in [5.74, 6) is 0.257. The SMILES string of the molecule is CCc1ccc(N=Cc2ccccc2Oc2ccc([N+](=O)[O-])cc2[N+](=O)[O-])cc1. The monoisotopic (exact) mass is 391 g/mol. The van der Waals surface area contributed by atoms with Crippen molar-refractivity contribution < 1.29 is 14.6 Å². The van der Waals surface area contributed by atoms with Crippen molar-refractivity contribution in [2.24, 2.45) is 4.99 Å². The predicted octanol–water partition coefficient (Wildman–Crippen LogP) is 5.61. The largest absolute Gasteiger partial charge is 0.449 e. The van der Waals surface area contributed by atoms with Gasteiger partial charge in [0.05, 0.1) is 21.6 Å². The second kappa shape index (κ2) is 8.75. The number of nitrogens with zero attached hydrogens (tertiary/aromatic N) is 3. The smallest absolute Gasteiger partial charge is 0.318 e. The first-order chi connectivity index (χ1) is 14.0. The summed E-state index contributed by atoms with van der Waals surface area (Å²) in [6.07, 6.45) is 2.54. The number of non-ortho nitro benzene ring substituents is 1. The lowest BCUT2D eigenvalue weighted by atomic mass is 10.1. The summed E-state index contributed by atoms with van der Waals surface area (Å²) < 4.78 is 5.71. The molecule has 8 heteroatoms. The van der Waals surface area contributed by atoms with E-state index in [9.17, 15) is 20.2 Å². The summed E-state index contributed by atoms with van der Waals surface area (Å²) >= 11 is 0.